The Balaban J connectivity index is 2.04. The van der Waals surface area contributed by atoms with E-state index >= 15 is 0 Å². The van der Waals surface area contributed by atoms with E-state index in [-0.39, 0.29) is 68.5 Å². The number of fused-ring (bicyclic) bond motifs is 1. The average Bonchev–Trinajstić information content (AvgIpc) is 2.86. The molecule has 12 heteroatoms. The third kappa shape index (κ3) is 7.29. The van der Waals surface area contributed by atoms with E-state index in [0.29, 0.717) is 15.9 Å². The maximum Gasteiger partial charge on any atom is 0.409 e. The van der Waals surface area contributed by atoms with E-state index in [1.54, 1.807) is 50.8 Å². The number of rotatable bonds is 8. The van der Waals surface area contributed by atoms with Crippen molar-refractivity contribution in [1.29, 1.82) is 0 Å². The zero-order chi connectivity index (χ0) is 28.9. The van der Waals surface area contributed by atoms with Crippen LogP contribution in [0.2, 0.25) is 5.02 Å². The maximum atomic E-state index is 14.0. The van der Waals surface area contributed by atoms with Gasteiger partial charge in [0.05, 0.1) is 30.8 Å². The summed E-state index contributed by atoms with van der Waals surface area (Å²) < 4.78 is 16.1. The van der Waals surface area contributed by atoms with E-state index in [2.05, 4.69) is 4.98 Å². The first kappa shape index (κ1) is 29.9. The highest BCUT2D eigenvalue weighted by Crippen LogP contribution is 2.37. The van der Waals surface area contributed by atoms with Crippen LogP contribution in [0.15, 0.2) is 18.2 Å². The molecule has 2 N–H and O–H groups in total. The topological polar surface area (TPSA) is 141 Å². The SMILES string of the molecule is CCOC(=O)N1CCN(C(=O)C(CCC(=O)OC(C)(C)C)c2nc3cc(Cl)ccc3c(OC)c2C(N)=O)CC1. The van der Waals surface area contributed by atoms with E-state index in [1.165, 1.54) is 12.0 Å². The molecular formula is C27H35ClN4O7. The Morgan fingerprint density at radius 1 is 1.10 bits per heavy atom. The predicted molar refractivity (Wildman–Crippen MR) is 145 cm³/mol. The number of aromatic nitrogens is 1. The van der Waals surface area contributed by atoms with Crippen molar-refractivity contribution in [1.82, 2.24) is 14.8 Å². The molecule has 1 aliphatic rings. The summed E-state index contributed by atoms with van der Waals surface area (Å²) in [7, 11) is 1.39. The molecule has 1 aromatic carbocycles. The van der Waals surface area contributed by atoms with Crippen molar-refractivity contribution in [2.24, 2.45) is 5.73 Å². The number of nitrogens with zero attached hydrogens (tertiary/aromatic N) is 3. The molecule has 0 bridgehead atoms. The number of primary amides is 1. The number of benzene rings is 1. The molecule has 2 heterocycles. The van der Waals surface area contributed by atoms with Crippen molar-refractivity contribution in [2.45, 2.75) is 52.1 Å². The summed E-state index contributed by atoms with van der Waals surface area (Å²) in [6.07, 6.45) is -0.541. The molecule has 1 aliphatic heterocycles. The zero-order valence-electron chi connectivity index (χ0n) is 22.9. The number of hydrogen-bond donors (Lipinski definition) is 1. The Morgan fingerprint density at radius 2 is 1.74 bits per heavy atom. The number of pyridine rings is 1. The zero-order valence-corrected chi connectivity index (χ0v) is 23.7. The quantitative estimate of drug-likeness (QED) is 0.482. The van der Waals surface area contributed by atoms with Gasteiger partial charge in [-0.25, -0.2) is 4.79 Å². The molecule has 1 saturated heterocycles. The van der Waals surface area contributed by atoms with E-state index in [9.17, 15) is 19.2 Å². The molecule has 3 amide bonds. The summed E-state index contributed by atoms with van der Waals surface area (Å²) in [6, 6.07) is 4.89. The van der Waals surface area contributed by atoms with Gasteiger partial charge in [-0.2, -0.15) is 0 Å². The summed E-state index contributed by atoms with van der Waals surface area (Å²) in [4.78, 5) is 59.2. The van der Waals surface area contributed by atoms with Crippen molar-refractivity contribution in [2.75, 3.05) is 39.9 Å². The number of nitrogens with two attached hydrogens (primary N) is 1. The minimum absolute atomic E-state index is 0.00828. The average molecular weight is 563 g/mol. The van der Waals surface area contributed by atoms with E-state index < -0.39 is 29.5 Å². The van der Waals surface area contributed by atoms with Crippen LogP contribution in [0.3, 0.4) is 0 Å². The van der Waals surface area contributed by atoms with Crippen molar-refractivity contribution < 1.29 is 33.4 Å². The summed E-state index contributed by atoms with van der Waals surface area (Å²) >= 11 is 6.21. The van der Waals surface area contributed by atoms with Crippen LogP contribution in [0.25, 0.3) is 10.9 Å². The van der Waals surface area contributed by atoms with Gasteiger partial charge >= 0.3 is 12.1 Å². The van der Waals surface area contributed by atoms with Gasteiger partial charge in [0.2, 0.25) is 5.91 Å². The van der Waals surface area contributed by atoms with Crippen LogP contribution in [0.1, 0.15) is 62.5 Å². The third-order valence-corrected chi connectivity index (χ3v) is 6.42. The highest BCUT2D eigenvalue weighted by Gasteiger charge is 2.35. The van der Waals surface area contributed by atoms with E-state index in [4.69, 9.17) is 31.5 Å². The van der Waals surface area contributed by atoms with Crippen LogP contribution < -0.4 is 10.5 Å². The van der Waals surface area contributed by atoms with Gasteiger partial charge < -0.3 is 29.7 Å². The largest absolute Gasteiger partial charge is 0.495 e. The summed E-state index contributed by atoms with van der Waals surface area (Å²) in [5.41, 5.74) is 5.53. The number of hydrogen-bond acceptors (Lipinski definition) is 8. The Kier molecular flexibility index (Phi) is 9.60. The number of ether oxygens (including phenoxy) is 3. The monoisotopic (exact) mass is 562 g/mol. The van der Waals surface area contributed by atoms with Gasteiger partial charge in [-0.1, -0.05) is 11.6 Å². The molecule has 1 atom stereocenters. The summed E-state index contributed by atoms with van der Waals surface area (Å²) in [5, 5.41) is 0.905. The van der Waals surface area contributed by atoms with Crippen LogP contribution in [0, 0.1) is 0 Å². The van der Waals surface area contributed by atoms with Crippen LogP contribution in [0.4, 0.5) is 4.79 Å². The molecule has 0 aliphatic carbocycles. The lowest BCUT2D eigenvalue weighted by Crippen LogP contribution is -2.52. The fraction of sp³-hybridized carbons (Fsp3) is 0.519. The number of piperazine rings is 1. The van der Waals surface area contributed by atoms with E-state index in [1.807, 2.05) is 0 Å². The highest BCUT2D eigenvalue weighted by molar-refractivity contribution is 6.31. The fourth-order valence-electron chi connectivity index (χ4n) is 4.50. The molecule has 212 valence electrons. The lowest BCUT2D eigenvalue weighted by atomic mass is 9.91. The van der Waals surface area contributed by atoms with Gasteiger partial charge in [-0.3, -0.25) is 19.4 Å². The van der Waals surface area contributed by atoms with Gasteiger partial charge in [0.15, 0.2) is 0 Å². The predicted octanol–water partition coefficient (Wildman–Crippen LogP) is 3.50. The lowest BCUT2D eigenvalue weighted by Gasteiger charge is -2.36. The highest BCUT2D eigenvalue weighted by atomic mass is 35.5. The van der Waals surface area contributed by atoms with Gasteiger partial charge in [-0.15, -0.1) is 0 Å². The Hall–Kier alpha value is -3.60. The molecule has 11 nitrogen and oxygen atoms in total. The molecule has 0 spiro atoms. The second kappa shape index (κ2) is 12.5. The van der Waals surface area contributed by atoms with Gasteiger partial charge in [0, 0.05) is 43.0 Å². The first-order chi connectivity index (χ1) is 18.4. The third-order valence-electron chi connectivity index (χ3n) is 6.18. The molecule has 1 fully saturated rings. The molecule has 1 unspecified atom stereocenters. The number of methoxy groups -OCH3 is 1. The second-order valence-electron chi connectivity index (χ2n) is 10.1. The molecule has 0 radical (unpaired) electrons. The number of esters is 1. The molecule has 1 aromatic heterocycles. The van der Waals surface area contributed by atoms with Crippen molar-refractivity contribution in [3.8, 4) is 5.75 Å². The Morgan fingerprint density at radius 3 is 2.31 bits per heavy atom. The Labute approximate surface area is 232 Å². The maximum absolute atomic E-state index is 14.0. The first-order valence-corrected chi connectivity index (χ1v) is 13.1. The number of carbonyl (C=O) groups excluding carboxylic acids is 4. The fourth-order valence-corrected chi connectivity index (χ4v) is 4.67. The normalized spacial score (nSPS) is 14.6. The van der Waals surface area contributed by atoms with Crippen LogP contribution >= 0.6 is 11.6 Å². The molecule has 0 saturated carbocycles. The lowest BCUT2D eigenvalue weighted by molar-refractivity contribution is -0.155. The Bertz CT molecular complexity index is 1250. The van der Waals surface area contributed by atoms with Crippen LogP contribution in [0.5, 0.6) is 5.75 Å². The van der Waals surface area contributed by atoms with Gasteiger partial charge in [0.1, 0.15) is 16.9 Å². The van der Waals surface area contributed by atoms with Crippen molar-refractivity contribution in [3.63, 3.8) is 0 Å². The van der Waals surface area contributed by atoms with Crippen LogP contribution in [-0.4, -0.2) is 84.2 Å². The smallest absolute Gasteiger partial charge is 0.409 e. The van der Waals surface area contributed by atoms with Gasteiger partial charge in [0.25, 0.3) is 5.91 Å². The molecule has 2 aromatic rings. The first-order valence-electron chi connectivity index (χ1n) is 12.8. The number of halogens is 1. The molecular weight excluding hydrogens is 528 g/mol. The minimum Gasteiger partial charge on any atom is -0.495 e. The van der Waals surface area contributed by atoms with E-state index in [0.717, 1.165) is 0 Å². The molecule has 3 rings (SSSR count). The van der Waals surface area contributed by atoms with Gasteiger partial charge in [-0.05, 0) is 52.3 Å². The van der Waals surface area contributed by atoms with Crippen molar-refractivity contribution >= 4 is 46.4 Å². The number of carbonyl (C=O) groups is 4. The number of amides is 3. The molecule has 39 heavy (non-hydrogen) atoms. The second-order valence-corrected chi connectivity index (χ2v) is 10.6. The van der Waals surface area contributed by atoms with Crippen molar-refractivity contribution in [3.05, 3.63) is 34.5 Å². The summed E-state index contributed by atoms with van der Waals surface area (Å²) in [5.74, 6) is -2.54. The minimum atomic E-state index is -1.02. The summed E-state index contributed by atoms with van der Waals surface area (Å²) in [6.45, 7) is 8.25. The standard InChI is InChI=1S/C27H35ClN4O7/c1-6-38-26(36)32-13-11-31(12-14-32)25(35)18(9-10-20(33)39-27(2,3)4)22-21(24(29)34)23(37-5)17-8-7-16(28)15-19(17)30-22/h7-8,15,18H,6,9-14H2,1-5H3,(H2,29,34). The van der Waals surface area contributed by atoms with Crippen LogP contribution in [-0.2, 0) is 19.1 Å².